The van der Waals surface area contributed by atoms with Gasteiger partial charge in [0.2, 0.25) is 0 Å². The van der Waals surface area contributed by atoms with Gasteiger partial charge in [0, 0.05) is 24.7 Å². The van der Waals surface area contributed by atoms with Crippen molar-refractivity contribution in [1.82, 2.24) is 14.9 Å². The Morgan fingerprint density at radius 2 is 2.16 bits per heavy atom. The van der Waals surface area contributed by atoms with E-state index in [1.807, 2.05) is 23.2 Å². The number of benzene rings is 1. The second-order valence-corrected chi connectivity index (χ2v) is 6.71. The molecular weight excluding hydrogens is 314 g/mol. The van der Waals surface area contributed by atoms with Gasteiger partial charge in [0.1, 0.15) is 5.76 Å². The Kier molecular flexibility index (Phi) is 4.22. The summed E-state index contributed by atoms with van der Waals surface area (Å²) >= 11 is 0. The van der Waals surface area contributed by atoms with Crippen LogP contribution in [0.2, 0.25) is 0 Å². The SMILES string of the molecule is Cc1ocnc1C(=O)N1CCC[C@@H](Cc2ccnc3ccccc23)C1. The molecule has 2 aromatic heterocycles. The molecule has 0 spiro atoms. The van der Waals surface area contributed by atoms with Crippen LogP contribution in [-0.2, 0) is 6.42 Å². The largest absolute Gasteiger partial charge is 0.448 e. The third kappa shape index (κ3) is 3.14. The summed E-state index contributed by atoms with van der Waals surface area (Å²) in [6.45, 7) is 3.34. The molecule has 3 heterocycles. The molecule has 25 heavy (non-hydrogen) atoms. The third-order valence-corrected chi connectivity index (χ3v) is 5.00. The van der Waals surface area contributed by atoms with E-state index in [2.05, 4.69) is 28.2 Å². The maximum absolute atomic E-state index is 12.7. The second kappa shape index (κ2) is 6.67. The van der Waals surface area contributed by atoms with Gasteiger partial charge in [0.15, 0.2) is 12.1 Å². The quantitative estimate of drug-likeness (QED) is 0.733. The van der Waals surface area contributed by atoms with Crippen LogP contribution in [0, 0.1) is 12.8 Å². The van der Waals surface area contributed by atoms with Crippen molar-refractivity contribution in [1.29, 1.82) is 0 Å². The van der Waals surface area contributed by atoms with Crippen molar-refractivity contribution in [3.05, 3.63) is 59.9 Å². The minimum absolute atomic E-state index is 0.0180. The first-order chi connectivity index (χ1) is 12.2. The molecule has 4 rings (SSSR count). The number of likely N-dealkylation sites (tertiary alicyclic amines) is 1. The Morgan fingerprint density at radius 3 is 3.00 bits per heavy atom. The van der Waals surface area contributed by atoms with E-state index in [1.165, 1.54) is 17.3 Å². The summed E-state index contributed by atoms with van der Waals surface area (Å²) < 4.78 is 5.18. The number of carbonyl (C=O) groups is 1. The van der Waals surface area contributed by atoms with Gasteiger partial charge in [-0.1, -0.05) is 18.2 Å². The Morgan fingerprint density at radius 1 is 1.28 bits per heavy atom. The molecule has 0 aliphatic carbocycles. The molecule has 1 aliphatic rings. The number of hydrogen-bond donors (Lipinski definition) is 0. The van der Waals surface area contributed by atoms with Gasteiger partial charge in [-0.05, 0) is 49.8 Å². The van der Waals surface area contributed by atoms with E-state index in [4.69, 9.17) is 4.42 Å². The molecule has 0 saturated carbocycles. The van der Waals surface area contributed by atoms with E-state index in [-0.39, 0.29) is 5.91 Å². The number of carbonyl (C=O) groups excluding carboxylic acids is 1. The van der Waals surface area contributed by atoms with Crippen LogP contribution in [0.4, 0.5) is 0 Å². The average Bonchev–Trinajstić information content (AvgIpc) is 3.08. The number of nitrogens with zero attached hydrogens (tertiary/aromatic N) is 3. The molecule has 1 aromatic carbocycles. The van der Waals surface area contributed by atoms with Gasteiger partial charge >= 0.3 is 0 Å². The molecule has 1 aliphatic heterocycles. The number of fused-ring (bicyclic) bond motifs is 1. The first kappa shape index (κ1) is 15.8. The molecule has 1 fully saturated rings. The number of hydrogen-bond acceptors (Lipinski definition) is 4. The fourth-order valence-corrected chi connectivity index (χ4v) is 3.72. The lowest BCUT2D eigenvalue weighted by molar-refractivity contribution is 0.0666. The van der Waals surface area contributed by atoms with Crippen LogP contribution in [0.25, 0.3) is 10.9 Å². The van der Waals surface area contributed by atoms with Crippen LogP contribution in [0.1, 0.15) is 34.7 Å². The number of oxazole rings is 1. The Bertz CT molecular complexity index is 897. The number of pyridine rings is 1. The molecule has 5 heteroatoms. The van der Waals surface area contributed by atoms with Crippen molar-refractivity contribution in [2.24, 2.45) is 5.92 Å². The summed E-state index contributed by atoms with van der Waals surface area (Å²) in [6.07, 6.45) is 6.34. The van der Waals surface area contributed by atoms with E-state index < -0.39 is 0 Å². The number of aryl methyl sites for hydroxylation is 1. The molecule has 128 valence electrons. The second-order valence-electron chi connectivity index (χ2n) is 6.71. The van der Waals surface area contributed by atoms with Crippen LogP contribution in [0.3, 0.4) is 0 Å². The molecule has 0 radical (unpaired) electrons. The Labute approximate surface area is 146 Å². The zero-order chi connectivity index (χ0) is 17.2. The first-order valence-electron chi connectivity index (χ1n) is 8.74. The standard InChI is InChI=1S/C20H21N3O2/c1-14-19(22-13-25-14)20(24)23-10-4-5-15(12-23)11-16-8-9-21-18-7-3-2-6-17(16)18/h2-3,6-9,13,15H,4-5,10-12H2,1H3/t15-/m0/s1. The average molecular weight is 335 g/mol. The van der Waals surface area contributed by atoms with E-state index in [0.717, 1.165) is 37.9 Å². The topological polar surface area (TPSA) is 59.2 Å². The van der Waals surface area contributed by atoms with Crippen LogP contribution < -0.4 is 0 Å². The van der Waals surface area contributed by atoms with Gasteiger partial charge in [-0.2, -0.15) is 0 Å². The van der Waals surface area contributed by atoms with Crippen molar-refractivity contribution in [3.8, 4) is 0 Å². The highest BCUT2D eigenvalue weighted by molar-refractivity contribution is 5.93. The molecule has 1 amide bonds. The molecule has 5 nitrogen and oxygen atoms in total. The van der Waals surface area contributed by atoms with E-state index in [0.29, 0.717) is 17.4 Å². The monoisotopic (exact) mass is 335 g/mol. The van der Waals surface area contributed by atoms with Crippen molar-refractivity contribution in [2.45, 2.75) is 26.2 Å². The molecule has 0 unspecified atom stereocenters. The zero-order valence-corrected chi connectivity index (χ0v) is 14.3. The summed E-state index contributed by atoms with van der Waals surface area (Å²) in [5.41, 5.74) is 2.78. The van der Waals surface area contributed by atoms with Crippen LogP contribution >= 0.6 is 0 Å². The summed E-state index contributed by atoms with van der Waals surface area (Å²) in [6, 6.07) is 10.3. The predicted octanol–water partition coefficient (Wildman–Crippen LogP) is 3.63. The fraction of sp³-hybridized carbons (Fsp3) is 0.350. The molecule has 1 saturated heterocycles. The summed E-state index contributed by atoms with van der Waals surface area (Å²) in [5.74, 6) is 1.03. The number of aromatic nitrogens is 2. The maximum Gasteiger partial charge on any atom is 0.276 e. The number of para-hydroxylation sites is 1. The minimum Gasteiger partial charge on any atom is -0.448 e. The predicted molar refractivity (Wildman–Crippen MR) is 95.3 cm³/mol. The number of piperidine rings is 1. The van der Waals surface area contributed by atoms with Gasteiger partial charge in [-0.25, -0.2) is 4.98 Å². The van der Waals surface area contributed by atoms with E-state index in [9.17, 15) is 4.79 Å². The zero-order valence-electron chi connectivity index (χ0n) is 14.3. The molecule has 0 bridgehead atoms. The molecule has 0 N–H and O–H groups in total. The third-order valence-electron chi connectivity index (χ3n) is 5.00. The van der Waals surface area contributed by atoms with Gasteiger partial charge in [-0.3, -0.25) is 9.78 Å². The summed E-state index contributed by atoms with van der Waals surface area (Å²) in [5, 5.41) is 1.21. The lowest BCUT2D eigenvalue weighted by atomic mass is 9.90. The van der Waals surface area contributed by atoms with Crippen molar-refractivity contribution < 1.29 is 9.21 Å². The van der Waals surface area contributed by atoms with Crippen molar-refractivity contribution >= 4 is 16.8 Å². The first-order valence-corrected chi connectivity index (χ1v) is 8.74. The van der Waals surface area contributed by atoms with Crippen molar-refractivity contribution in [3.63, 3.8) is 0 Å². The summed E-state index contributed by atoms with van der Waals surface area (Å²) in [4.78, 5) is 23.1. The Balaban J connectivity index is 1.52. The van der Waals surface area contributed by atoms with Gasteiger partial charge in [0.05, 0.1) is 5.52 Å². The van der Waals surface area contributed by atoms with Gasteiger partial charge in [0.25, 0.3) is 5.91 Å². The normalized spacial score (nSPS) is 17.8. The van der Waals surface area contributed by atoms with Gasteiger partial charge < -0.3 is 9.32 Å². The highest BCUT2D eigenvalue weighted by Crippen LogP contribution is 2.25. The van der Waals surface area contributed by atoms with Crippen LogP contribution in [-0.4, -0.2) is 33.9 Å². The van der Waals surface area contributed by atoms with E-state index >= 15 is 0 Å². The lowest BCUT2D eigenvalue weighted by Crippen LogP contribution is -2.40. The number of amides is 1. The van der Waals surface area contributed by atoms with Crippen LogP contribution in [0.5, 0.6) is 0 Å². The van der Waals surface area contributed by atoms with Crippen LogP contribution in [0.15, 0.2) is 47.3 Å². The molecule has 1 atom stereocenters. The molecule has 3 aromatic rings. The van der Waals surface area contributed by atoms with Gasteiger partial charge in [-0.15, -0.1) is 0 Å². The summed E-state index contributed by atoms with van der Waals surface area (Å²) in [7, 11) is 0. The minimum atomic E-state index is -0.0180. The smallest absolute Gasteiger partial charge is 0.276 e. The molecular formula is C20H21N3O2. The van der Waals surface area contributed by atoms with Crippen molar-refractivity contribution in [2.75, 3.05) is 13.1 Å². The van der Waals surface area contributed by atoms with E-state index in [1.54, 1.807) is 6.92 Å². The highest BCUT2D eigenvalue weighted by Gasteiger charge is 2.27. The number of rotatable bonds is 3. The maximum atomic E-state index is 12.7. The lowest BCUT2D eigenvalue weighted by Gasteiger charge is -2.32. The Hall–Kier alpha value is -2.69. The fourth-order valence-electron chi connectivity index (χ4n) is 3.72. The highest BCUT2D eigenvalue weighted by atomic mass is 16.3.